The lowest BCUT2D eigenvalue weighted by Gasteiger charge is -2.07. The Labute approximate surface area is 113 Å². The van der Waals surface area contributed by atoms with Gasteiger partial charge >= 0.3 is 12.2 Å². The minimum Gasteiger partial charge on any atom is -0.352 e. The lowest BCUT2D eigenvalue weighted by atomic mass is 10.6. The third kappa shape index (κ3) is 4.00. The van der Waals surface area contributed by atoms with Crippen LogP contribution in [0.25, 0.3) is 0 Å². The normalized spacial score (nSPS) is 10.4. The number of hydrogen-bond donors (Lipinski definition) is 2. The molecule has 0 unspecified atom stereocenters. The first kappa shape index (κ1) is 13.9. The van der Waals surface area contributed by atoms with Gasteiger partial charge in [0.2, 0.25) is 11.9 Å². The summed E-state index contributed by atoms with van der Waals surface area (Å²) in [4.78, 5) is 21.6. The Bertz CT molecular complexity index is 512. The molecule has 2 N–H and O–H groups in total. The molecule has 2 aromatic heterocycles. The molecule has 0 saturated carbocycles. The van der Waals surface area contributed by atoms with Crippen molar-refractivity contribution in [3.05, 3.63) is 23.8 Å². The van der Waals surface area contributed by atoms with Crippen molar-refractivity contribution in [2.75, 3.05) is 23.7 Å². The molecule has 0 amide bonds. The average Bonchev–Trinajstić information content (AvgIpc) is 2.32. The number of nitrogens with zero attached hydrogens (tertiary/aromatic N) is 6. The molecule has 0 atom stereocenters. The molecule has 0 bridgehead atoms. The fourth-order valence-electron chi connectivity index (χ4n) is 1.41. The number of nitrogens with one attached hydrogen (secondary N) is 2. The first-order valence-corrected chi connectivity index (χ1v) is 5.77. The van der Waals surface area contributed by atoms with Crippen LogP contribution < -0.4 is 10.6 Å². The molecule has 0 aliphatic heterocycles. The number of anilines is 2. The molecule has 0 fully saturated rings. The zero-order valence-electron chi connectivity index (χ0n) is 10.9. The monoisotopic (exact) mass is 282 g/mol. The second-order valence-electron chi connectivity index (χ2n) is 3.80. The highest BCUT2D eigenvalue weighted by Crippen LogP contribution is 2.00. The molecule has 0 saturated heterocycles. The summed E-state index contributed by atoms with van der Waals surface area (Å²) in [7, 11) is 0. The molecule has 10 heteroatoms. The quantitative estimate of drug-likeness (QED) is 0.763. The SMILES string of the molecule is Cc1nc(F)nc(NCCNc2nc(C)nc(F)n2)n1. The van der Waals surface area contributed by atoms with Crippen LogP contribution in [0.3, 0.4) is 0 Å². The van der Waals surface area contributed by atoms with Gasteiger partial charge in [-0.25, -0.2) is 0 Å². The summed E-state index contributed by atoms with van der Waals surface area (Å²) in [5, 5.41) is 5.59. The number of aromatic nitrogens is 6. The van der Waals surface area contributed by atoms with E-state index in [0.717, 1.165) is 0 Å². The smallest absolute Gasteiger partial charge is 0.313 e. The van der Waals surface area contributed by atoms with Crippen molar-refractivity contribution in [3.8, 4) is 0 Å². The largest absolute Gasteiger partial charge is 0.352 e. The third-order valence-corrected chi connectivity index (χ3v) is 2.13. The summed E-state index contributed by atoms with van der Waals surface area (Å²) >= 11 is 0. The molecule has 2 rings (SSSR count). The first-order valence-electron chi connectivity index (χ1n) is 5.77. The first-order chi connectivity index (χ1) is 9.52. The fourth-order valence-corrected chi connectivity index (χ4v) is 1.41. The lowest BCUT2D eigenvalue weighted by Crippen LogP contribution is -2.18. The van der Waals surface area contributed by atoms with Gasteiger partial charge in [0.1, 0.15) is 11.6 Å². The Morgan fingerprint density at radius 3 is 1.45 bits per heavy atom. The van der Waals surface area contributed by atoms with Gasteiger partial charge in [-0.05, 0) is 13.8 Å². The van der Waals surface area contributed by atoms with Crippen molar-refractivity contribution in [1.29, 1.82) is 0 Å². The minimum atomic E-state index is -0.844. The Balaban J connectivity index is 1.84. The summed E-state index contributed by atoms with van der Waals surface area (Å²) in [5.74, 6) is 0.829. The van der Waals surface area contributed by atoms with E-state index in [1.807, 2.05) is 0 Å². The maximum atomic E-state index is 12.9. The van der Waals surface area contributed by atoms with Crippen LogP contribution in [0.4, 0.5) is 20.7 Å². The average molecular weight is 282 g/mol. The molecular formula is C10H12F2N8. The van der Waals surface area contributed by atoms with Gasteiger partial charge < -0.3 is 10.6 Å². The predicted molar refractivity (Wildman–Crippen MR) is 66.0 cm³/mol. The van der Waals surface area contributed by atoms with Crippen molar-refractivity contribution >= 4 is 11.9 Å². The molecule has 8 nitrogen and oxygen atoms in total. The van der Waals surface area contributed by atoms with Gasteiger partial charge in [-0.2, -0.15) is 38.7 Å². The summed E-state index contributed by atoms with van der Waals surface area (Å²) in [6.45, 7) is 3.86. The Kier molecular flexibility index (Phi) is 4.23. The van der Waals surface area contributed by atoms with E-state index in [1.54, 1.807) is 13.8 Å². The van der Waals surface area contributed by atoms with E-state index in [4.69, 9.17) is 0 Å². The topological polar surface area (TPSA) is 101 Å². The van der Waals surface area contributed by atoms with Gasteiger partial charge in [0.05, 0.1) is 0 Å². The summed E-state index contributed by atoms with van der Waals surface area (Å²) < 4.78 is 25.8. The van der Waals surface area contributed by atoms with E-state index in [-0.39, 0.29) is 23.5 Å². The second-order valence-corrected chi connectivity index (χ2v) is 3.80. The minimum absolute atomic E-state index is 0.134. The summed E-state index contributed by atoms with van der Waals surface area (Å²) in [5.41, 5.74) is 0. The standard InChI is InChI=1S/C10H12F2N8/c1-5-15-7(11)19-9(17-5)13-3-4-14-10-18-6(2)16-8(12)20-10/h3-4H2,1-2H3,(H,13,15,17,19)(H,14,16,18,20). The third-order valence-electron chi connectivity index (χ3n) is 2.13. The van der Waals surface area contributed by atoms with Crippen molar-refractivity contribution in [1.82, 2.24) is 29.9 Å². The van der Waals surface area contributed by atoms with Gasteiger partial charge in [0.15, 0.2) is 0 Å². The number of hydrogen-bond acceptors (Lipinski definition) is 8. The number of aryl methyl sites for hydroxylation is 2. The number of rotatable bonds is 5. The molecule has 106 valence electrons. The van der Waals surface area contributed by atoms with Crippen molar-refractivity contribution < 1.29 is 8.78 Å². The van der Waals surface area contributed by atoms with Gasteiger partial charge in [0, 0.05) is 13.1 Å². The molecule has 0 radical (unpaired) electrons. The van der Waals surface area contributed by atoms with Gasteiger partial charge in [-0.3, -0.25) is 0 Å². The highest BCUT2D eigenvalue weighted by molar-refractivity contribution is 5.26. The van der Waals surface area contributed by atoms with Crippen LogP contribution in [-0.4, -0.2) is 43.0 Å². The second kappa shape index (κ2) is 6.08. The Hall–Kier alpha value is -2.52. The fraction of sp³-hybridized carbons (Fsp3) is 0.400. The predicted octanol–water partition coefficient (Wildman–Crippen LogP) is 0.476. The maximum Gasteiger partial charge on any atom is 0.313 e. The summed E-state index contributed by atoms with van der Waals surface area (Å²) in [6.07, 6.45) is -1.69. The van der Waals surface area contributed by atoms with Crippen LogP contribution in [-0.2, 0) is 0 Å². The molecule has 0 spiro atoms. The Morgan fingerprint density at radius 2 is 1.10 bits per heavy atom. The molecular weight excluding hydrogens is 270 g/mol. The van der Waals surface area contributed by atoms with Crippen LogP contribution in [0.15, 0.2) is 0 Å². The van der Waals surface area contributed by atoms with Crippen LogP contribution in [0.2, 0.25) is 0 Å². The molecule has 0 aromatic carbocycles. The molecule has 2 aromatic rings. The lowest BCUT2D eigenvalue weighted by molar-refractivity contribution is 0.527. The van der Waals surface area contributed by atoms with Crippen LogP contribution in [0.1, 0.15) is 11.6 Å². The molecule has 2 heterocycles. The number of halogens is 2. The molecule has 0 aliphatic carbocycles. The highest BCUT2D eigenvalue weighted by Gasteiger charge is 2.04. The van der Waals surface area contributed by atoms with E-state index < -0.39 is 12.2 Å². The molecule has 0 aliphatic rings. The van der Waals surface area contributed by atoms with E-state index >= 15 is 0 Å². The van der Waals surface area contributed by atoms with Gasteiger partial charge in [0.25, 0.3) is 0 Å². The van der Waals surface area contributed by atoms with Crippen LogP contribution in [0.5, 0.6) is 0 Å². The van der Waals surface area contributed by atoms with Crippen molar-refractivity contribution in [2.24, 2.45) is 0 Å². The van der Waals surface area contributed by atoms with E-state index in [9.17, 15) is 8.78 Å². The van der Waals surface area contributed by atoms with Crippen molar-refractivity contribution in [3.63, 3.8) is 0 Å². The van der Waals surface area contributed by atoms with Crippen LogP contribution >= 0.6 is 0 Å². The highest BCUT2D eigenvalue weighted by atomic mass is 19.1. The van der Waals surface area contributed by atoms with E-state index in [1.165, 1.54) is 0 Å². The van der Waals surface area contributed by atoms with Gasteiger partial charge in [-0.15, -0.1) is 0 Å². The zero-order valence-corrected chi connectivity index (χ0v) is 10.9. The van der Waals surface area contributed by atoms with E-state index in [0.29, 0.717) is 13.1 Å². The summed E-state index contributed by atoms with van der Waals surface area (Å²) in [6, 6.07) is 0. The molecule has 20 heavy (non-hydrogen) atoms. The zero-order chi connectivity index (χ0) is 14.5. The Morgan fingerprint density at radius 1 is 0.700 bits per heavy atom. The van der Waals surface area contributed by atoms with Gasteiger partial charge in [-0.1, -0.05) is 0 Å². The van der Waals surface area contributed by atoms with Crippen LogP contribution in [0, 0.1) is 26.0 Å². The maximum absolute atomic E-state index is 12.9. The van der Waals surface area contributed by atoms with E-state index in [2.05, 4.69) is 40.5 Å². The van der Waals surface area contributed by atoms with Crippen molar-refractivity contribution in [2.45, 2.75) is 13.8 Å².